The molecule has 0 bridgehead atoms. The summed E-state index contributed by atoms with van der Waals surface area (Å²) in [6, 6.07) is 17.7. The van der Waals surface area contributed by atoms with Crippen LogP contribution >= 0.6 is 11.8 Å². The smallest absolute Gasteiger partial charge is 0.230 e. The van der Waals surface area contributed by atoms with E-state index in [-0.39, 0.29) is 17.7 Å². The largest absolute Gasteiger partial charge is 0.497 e. The maximum absolute atomic E-state index is 12.6. The predicted molar refractivity (Wildman–Crippen MR) is 106 cm³/mol. The summed E-state index contributed by atoms with van der Waals surface area (Å²) in [4.78, 5) is 12.6. The van der Waals surface area contributed by atoms with Gasteiger partial charge in [0, 0.05) is 0 Å². The van der Waals surface area contributed by atoms with Crippen molar-refractivity contribution >= 4 is 17.7 Å². The molecule has 1 amide bonds. The fraction of sp³-hybridized carbons (Fsp3) is 0.300. The zero-order valence-corrected chi connectivity index (χ0v) is 16.3. The fourth-order valence-corrected chi connectivity index (χ4v) is 3.76. The number of benzene rings is 2. The Balaban J connectivity index is 1.39. The van der Waals surface area contributed by atoms with Gasteiger partial charge in [0.2, 0.25) is 11.1 Å². The maximum Gasteiger partial charge on any atom is 0.230 e. The third kappa shape index (κ3) is 4.33. The Hall–Kier alpha value is -2.87. The Morgan fingerprint density at radius 2 is 1.96 bits per heavy atom. The molecular formula is C20H21N5O2S. The summed E-state index contributed by atoms with van der Waals surface area (Å²) in [5, 5.41) is 15.6. The van der Waals surface area contributed by atoms with Crippen LogP contribution in [0.4, 0.5) is 0 Å². The van der Waals surface area contributed by atoms with E-state index in [9.17, 15) is 4.79 Å². The SMILES string of the molecule is COc1ccc(-n2nnnc2SCC(=O)NC(c2ccccc2)C2CC2)cc1. The minimum absolute atomic E-state index is 0.0185. The lowest BCUT2D eigenvalue weighted by Gasteiger charge is -2.18. The molecule has 1 aromatic heterocycles. The zero-order valence-electron chi connectivity index (χ0n) is 15.5. The molecule has 1 atom stereocenters. The molecule has 1 aliphatic carbocycles. The van der Waals surface area contributed by atoms with E-state index in [1.54, 1.807) is 11.8 Å². The topological polar surface area (TPSA) is 81.9 Å². The van der Waals surface area contributed by atoms with Crippen molar-refractivity contribution in [2.45, 2.75) is 24.0 Å². The van der Waals surface area contributed by atoms with Gasteiger partial charge >= 0.3 is 0 Å². The van der Waals surface area contributed by atoms with Gasteiger partial charge in [0.05, 0.1) is 24.6 Å². The van der Waals surface area contributed by atoms with Crippen molar-refractivity contribution in [1.82, 2.24) is 25.5 Å². The normalized spacial score (nSPS) is 14.5. The molecule has 0 radical (unpaired) electrons. The third-order valence-electron chi connectivity index (χ3n) is 4.66. The van der Waals surface area contributed by atoms with Crippen LogP contribution in [0.1, 0.15) is 24.4 Å². The van der Waals surface area contributed by atoms with Gasteiger partial charge in [-0.25, -0.2) is 0 Å². The minimum atomic E-state index is -0.0185. The van der Waals surface area contributed by atoms with Gasteiger partial charge in [-0.15, -0.1) is 5.10 Å². The number of hydrogen-bond donors (Lipinski definition) is 1. The number of nitrogens with one attached hydrogen (secondary N) is 1. The van der Waals surface area contributed by atoms with Crippen molar-refractivity contribution < 1.29 is 9.53 Å². The number of amides is 1. The number of carbonyl (C=O) groups excluding carboxylic acids is 1. The molecule has 1 N–H and O–H groups in total. The van der Waals surface area contributed by atoms with Gasteiger partial charge in [-0.05, 0) is 59.0 Å². The Morgan fingerprint density at radius 1 is 1.21 bits per heavy atom. The number of nitrogens with zero attached hydrogens (tertiary/aromatic N) is 4. The number of tetrazole rings is 1. The quantitative estimate of drug-likeness (QED) is 0.591. The molecular weight excluding hydrogens is 374 g/mol. The number of rotatable bonds is 8. The molecule has 0 aliphatic heterocycles. The Bertz CT molecular complexity index is 925. The molecule has 28 heavy (non-hydrogen) atoms. The highest BCUT2D eigenvalue weighted by atomic mass is 32.2. The third-order valence-corrected chi connectivity index (χ3v) is 5.58. The molecule has 1 unspecified atom stereocenters. The number of carbonyl (C=O) groups is 1. The highest BCUT2D eigenvalue weighted by Crippen LogP contribution is 2.41. The van der Waals surface area contributed by atoms with E-state index >= 15 is 0 Å². The first-order chi connectivity index (χ1) is 13.7. The van der Waals surface area contributed by atoms with Crippen molar-refractivity contribution in [3.63, 3.8) is 0 Å². The van der Waals surface area contributed by atoms with Gasteiger partial charge in [0.1, 0.15) is 5.75 Å². The predicted octanol–water partition coefficient (Wildman–Crippen LogP) is 3.03. The second-order valence-corrected chi connectivity index (χ2v) is 7.60. The van der Waals surface area contributed by atoms with Crippen molar-refractivity contribution in [3.8, 4) is 11.4 Å². The Labute approximate surface area is 167 Å². The number of aromatic nitrogens is 4. The zero-order chi connectivity index (χ0) is 19.3. The lowest BCUT2D eigenvalue weighted by Crippen LogP contribution is -2.31. The van der Waals surface area contributed by atoms with Crippen molar-refractivity contribution in [1.29, 1.82) is 0 Å². The molecule has 144 valence electrons. The average Bonchev–Trinajstić information content (AvgIpc) is 3.48. The van der Waals surface area contributed by atoms with Crippen LogP contribution in [0.2, 0.25) is 0 Å². The van der Waals surface area contributed by atoms with E-state index in [1.165, 1.54) is 11.8 Å². The molecule has 1 fully saturated rings. The van der Waals surface area contributed by atoms with Crippen LogP contribution in [0.25, 0.3) is 5.69 Å². The summed E-state index contributed by atoms with van der Waals surface area (Å²) in [5.74, 6) is 1.53. The van der Waals surface area contributed by atoms with Crippen LogP contribution in [0, 0.1) is 5.92 Å². The first-order valence-corrected chi connectivity index (χ1v) is 10.1. The molecule has 0 spiro atoms. The highest BCUT2D eigenvalue weighted by molar-refractivity contribution is 7.99. The number of ether oxygens (including phenoxy) is 1. The maximum atomic E-state index is 12.6. The summed E-state index contributed by atoms with van der Waals surface area (Å²) in [6.07, 6.45) is 2.31. The van der Waals surface area contributed by atoms with E-state index in [2.05, 4.69) is 33.0 Å². The van der Waals surface area contributed by atoms with Gasteiger partial charge < -0.3 is 10.1 Å². The highest BCUT2D eigenvalue weighted by Gasteiger charge is 2.33. The first kappa shape index (κ1) is 18.5. The van der Waals surface area contributed by atoms with Crippen molar-refractivity contribution in [2.75, 3.05) is 12.9 Å². The van der Waals surface area contributed by atoms with E-state index < -0.39 is 0 Å². The van der Waals surface area contributed by atoms with E-state index in [1.807, 2.05) is 42.5 Å². The molecule has 3 aromatic rings. The van der Waals surface area contributed by atoms with Gasteiger partial charge in [-0.2, -0.15) is 4.68 Å². The van der Waals surface area contributed by atoms with E-state index in [0.717, 1.165) is 29.8 Å². The summed E-state index contributed by atoms with van der Waals surface area (Å²) < 4.78 is 6.79. The second kappa shape index (κ2) is 8.43. The molecule has 1 saturated carbocycles. The van der Waals surface area contributed by atoms with Gasteiger partial charge in [0.15, 0.2) is 0 Å². The summed E-state index contributed by atoms with van der Waals surface area (Å²) >= 11 is 1.32. The minimum Gasteiger partial charge on any atom is -0.497 e. The first-order valence-electron chi connectivity index (χ1n) is 9.14. The van der Waals surface area contributed by atoms with Crippen molar-refractivity contribution in [3.05, 3.63) is 60.2 Å². The lowest BCUT2D eigenvalue weighted by atomic mass is 10.0. The molecule has 2 aromatic carbocycles. The van der Waals surface area contributed by atoms with E-state index in [0.29, 0.717) is 11.1 Å². The van der Waals surface area contributed by atoms with Crippen LogP contribution in [0.5, 0.6) is 5.75 Å². The van der Waals surface area contributed by atoms with Crippen LogP contribution in [0.3, 0.4) is 0 Å². The van der Waals surface area contributed by atoms with E-state index in [4.69, 9.17) is 4.74 Å². The Kier molecular flexibility index (Phi) is 5.57. The summed E-state index contributed by atoms with van der Waals surface area (Å²) in [6.45, 7) is 0. The number of methoxy groups -OCH3 is 1. The average molecular weight is 395 g/mol. The molecule has 1 heterocycles. The standard InChI is InChI=1S/C20H21N5O2S/c1-27-17-11-9-16(10-12-17)25-20(22-23-24-25)28-13-18(26)21-19(15-7-8-15)14-5-3-2-4-6-14/h2-6,9-12,15,19H,7-8,13H2,1H3,(H,21,26). The number of hydrogen-bond acceptors (Lipinski definition) is 6. The molecule has 0 saturated heterocycles. The fourth-order valence-electron chi connectivity index (χ4n) is 3.06. The number of thioether (sulfide) groups is 1. The lowest BCUT2D eigenvalue weighted by molar-refractivity contribution is -0.119. The monoisotopic (exact) mass is 395 g/mol. The van der Waals surface area contributed by atoms with Crippen LogP contribution in [-0.2, 0) is 4.79 Å². The van der Waals surface area contributed by atoms with Crippen LogP contribution in [-0.4, -0.2) is 39.0 Å². The summed E-state index contributed by atoms with van der Waals surface area (Å²) in [7, 11) is 1.62. The van der Waals surface area contributed by atoms with Gasteiger partial charge in [-0.1, -0.05) is 42.1 Å². The summed E-state index contributed by atoms with van der Waals surface area (Å²) in [5.41, 5.74) is 1.97. The second-order valence-electron chi connectivity index (χ2n) is 6.65. The van der Waals surface area contributed by atoms with Crippen LogP contribution < -0.4 is 10.1 Å². The van der Waals surface area contributed by atoms with Crippen molar-refractivity contribution in [2.24, 2.45) is 5.92 Å². The molecule has 7 nitrogen and oxygen atoms in total. The molecule has 4 rings (SSSR count). The molecule has 1 aliphatic rings. The molecule has 8 heteroatoms. The van der Waals surface area contributed by atoms with Crippen LogP contribution in [0.15, 0.2) is 59.8 Å². The van der Waals surface area contributed by atoms with Gasteiger partial charge in [-0.3, -0.25) is 4.79 Å². The van der Waals surface area contributed by atoms with Gasteiger partial charge in [0.25, 0.3) is 0 Å². The Morgan fingerprint density at radius 3 is 2.64 bits per heavy atom.